The van der Waals surface area contributed by atoms with E-state index in [-0.39, 0.29) is 22.4 Å². The van der Waals surface area contributed by atoms with Gasteiger partial charge in [0.1, 0.15) is 5.75 Å². The zero-order valence-electron chi connectivity index (χ0n) is 11.5. The van der Waals surface area contributed by atoms with Crippen LogP contribution in [0, 0.1) is 0 Å². The minimum Gasteiger partial charge on any atom is -0.405 e. The van der Waals surface area contributed by atoms with Crippen LogP contribution in [-0.4, -0.2) is 25.6 Å². The van der Waals surface area contributed by atoms with Gasteiger partial charge in [0.05, 0.1) is 16.6 Å². The average molecular weight is 368 g/mol. The van der Waals surface area contributed by atoms with Gasteiger partial charge in [0.15, 0.2) is 0 Å². The Balaban J connectivity index is 2.06. The molecule has 2 unspecified atom stereocenters. The van der Waals surface area contributed by atoms with Crippen molar-refractivity contribution in [3.05, 3.63) is 22.7 Å². The van der Waals surface area contributed by atoms with E-state index in [1.165, 1.54) is 6.07 Å². The highest BCUT2D eigenvalue weighted by Crippen LogP contribution is 2.33. The van der Waals surface area contributed by atoms with Gasteiger partial charge in [-0.05, 0) is 47.0 Å². The second-order valence-electron chi connectivity index (χ2n) is 5.00. The first-order chi connectivity index (χ1) is 9.89. The molecule has 0 bridgehead atoms. The van der Waals surface area contributed by atoms with E-state index >= 15 is 0 Å². The maximum atomic E-state index is 12.2. The molecule has 3 nitrogen and oxygen atoms in total. The van der Waals surface area contributed by atoms with Crippen LogP contribution in [0.15, 0.2) is 22.7 Å². The lowest BCUT2D eigenvalue weighted by atomic mass is 9.92. The highest BCUT2D eigenvalue weighted by Gasteiger charge is 2.32. The lowest BCUT2D eigenvalue weighted by Gasteiger charge is -2.32. The van der Waals surface area contributed by atoms with Gasteiger partial charge in [-0.1, -0.05) is 12.8 Å². The Bertz CT molecular complexity index is 482. The van der Waals surface area contributed by atoms with Crippen LogP contribution < -0.4 is 10.1 Å². The average Bonchev–Trinajstić information content (AvgIpc) is 2.41. The first-order valence-electron chi connectivity index (χ1n) is 6.73. The van der Waals surface area contributed by atoms with Gasteiger partial charge < -0.3 is 14.8 Å². The minimum absolute atomic E-state index is 0.128. The summed E-state index contributed by atoms with van der Waals surface area (Å²) in [5.41, 5.74) is 0.741. The molecule has 1 aliphatic carbocycles. The van der Waals surface area contributed by atoms with Crippen molar-refractivity contribution in [2.75, 3.05) is 12.4 Å². The molecule has 2 rings (SSSR count). The molecule has 1 aliphatic rings. The summed E-state index contributed by atoms with van der Waals surface area (Å²) >= 11 is 3.10. The number of hydrogen-bond donors (Lipinski definition) is 1. The Labute approximate surface area is 129 Å². The maximum absolute atomic E-state index is 12.2. The molecule has 0 amide bonds. The van der Waals surface area contributed by atoms with E-state index in [2.05, 4.69) is 26.0 Å². The van der Waals surface area contributed by atoms with E-state index in [1.54, 1.807) is 19.2 Å². The maximum Gasteiger partial charge on any atom is 0.573 e. The molecule has 1 saturated carbocycles. The van der Waals surface area contributed by atoms with Crippen LogP contribution in [0.2, 0.25) is 0 Å². The van der Waals surface area contributed by atoms with Crippen LogP contribution in [0.4, 0.5) is 18.9 Å². The zero-order chi connectivity index (χ0) is 15.5. The molecular weight excluding hydrogens is 351 g/mol. The van der Waals surface area contributed by atoms with Gasteiger partial charge in [0.2, 0.25) is 0 Å². The van der Waals surface area contributed by atoms with Crippen molar-refractivity contribution in [2.24, 2.45) is 0 Å². The van der Waals surface area contributed by atoms with Crippen LogP contribution in [0.3, 0.4) is 0 Å². The Morgan fingerprint density at radius 2 is 1.95 bits per heavy atom. The third-order valence-electron chi connectivity index (χ3n) is 3.51. The third kappa shape index (κ3) is 4.78. The first kappa shape index (κ1) is 16.4. The van der Waals surface area contributed by atoms with E-state index in [0.717, 1.165) is 31.4 Å². The predicted octanol–water partition coefficient (Wildman–Crippen LogP) is 4.72. The highest BCUT2D eigenvalue weighted by molar-refractivity contribution is 9.10. The van der Waals surface area contributed by atoms with Crippen LogP contribution in [0.25, 0.3) is 0 Å². The fourth-order valence-corrected chi connectivity index (χ4v) is 3.02. The molecule has 2 atom stereocenters. The van der Waals surface area contributed by atoms with E-state index in [0.29, 0.717) is 0 Å². The largest absolute Gasteiger partial charge is 0.573 e. The molecule has 7 heteroatoms. The third-order valence-corrected chi connectivity index (χ3v) is 4.13. The molecule has 1 aromatic carbocycles. The normalized spacial score (nSPS) is 22.9. The van der Waals surface area contributed by atoms with Crippen LogP contribution in [-0.2, 0) is 4.74 Å². The number of halogens is 4. The Hall–Kier alpha value is -0.950. The number of methoxy groups -OCH3 is 1. The quantitative estimate of drug-likeness (QED) is 0.835. The molecule has 1 aromatic rings. The molecule has 0 aromatic heterocycles. The smallest absolute Gasteiger partial charge is 0.405 e. The van der Waals surface area contributed by atoms with Gasteiger partial charge in [0.25, 0.3) is 0 Å². The molecule has 21 heavy (non-hydrogen) atoms. The fourth-order valence-electron chi connectivity index (χ4n) is 2.56. The van der Waals surface area contributed by atoms with E-state index in [1.807, 2.05) is 0 Å². The van der Waals surface area contributed by atoms with Crippen LogP contribution >= 0.6 is 15.9 Å². The summed E-state index contributed by atoms with van der Waals surface area (Å²) in [6.45, 7) is 0. The van der Waals surface area contributed by atoms with E-state index < -0.39 is 6.36 Å². The molecule has 0 spiro atoms. The van der Waals surface area contributed by atoms with Crippen molar-refractivity contribution in [3.63, 3.8) is 0 Å². The number of nitrogens with one attached hydrogen (secondary N) is 1. The van der Waals surface area contributed by atoms with Crippen molar-refractivity contribution in [2.45, 2.75) is 44.2 Å². The lowest BCUT2D eigenvalue weighted by Crippen LogP contribution is -2.37. The number of rotatable bonds is 4. The van der Waals surface area contributed by atoms with Gasteiger partial charge in [0, 0.05) is 12.8 Å². The number of benzene rings is 1. The Morgan fingerprint density at radius 1 is 1.24 bits per heavy atom. The molecule has 0 saturated heterocycles. The standard InChI is InChI=1S/C14H17BrF3NO2/c1-20-13-5-3-2-4-11(13)19-9-6-7-12(10(15)8-9)21-14(16,17)18/h6-8,11,13,19H,2-5H2,1H3. The van der Waals surface area contributed by atoms with Crippen LogP contribution in [0.1, 0.15) is 25.7 Å². The monoisotopic (exact) mass is 367 g/mol. The van der Waals surface area contributed by atoms with Gasteiger partial charge in [-0.15, -0.1) is 13.2 Å². The van der Waals surface area contributed by atoms with Crippen molar-refractivity contribution >= 4 is 21.6 Å². The van der Waals surface area contributed by atoms with Gasteiger partial charge in [-0.2, -0.15) is 0 Å². The summed E-state index contributed by atoms with van der Waals surface area (Å²) in [5, 5.41) is 3.32. The number of alkyl halides is 3. The zero-order valence-corrected chi connectivity index (χ0v) is 13.1. The Kier molecular flexibility index (Phi) is 5.37. The summed E-state index contributed by atoms with van der Waals surface area (Å²) < 4.78 is 46.3. The molecule has 0 radical (unpaired) electrons. The summed E-state index contributed by atoms with van der Waals surface area (Å²) in [6, 6.07) is 4.63. The lowest BCUT2D eigenvalue weighted by molar-refractivity contribution is -0.274. The Morgan fingerprint density at radius 3 is 2.57 bits per heavy atom. The second-order valence-corrected chi connectivity index (χ2v) is 5.86. The summed E-state index contributed by atoms with van der Waals surface area (Å²) in [5.74, 6) is -0.250. The van der Waals surface area contributed by atoms with Crippen LogP contribution in [0.5, 0.6) is 5.75 Å². The summed E-state index contributed by atoms with van der Waals surface area (Å²) in [7, 11) is 1.68. The highest BCUT2D eigenvalue weighted by atomic mass is 79.9. The van der Waals surface area contributed by atoms with Crippen molar-refractivity contribution < 1.29 is 22.6 Å². The SMILES string of the molecule is COC1CCCCC1Nc1ccc(OC(F)(F)F)c(Br)c1. The van der Waals surface area contributed by atoms with Crippen molar-refractivity contribution in [1.82, 2.24) is 0 Å². The second kappa shape index (κ2) is 6.87. The molecule has 118 valence electrons. The molecule has 1 N–H and O–H groups in total. The molecule has 1 fully saturated rings. The van der Waals surface area contributed by atoms with Gasteiger partial charge in [-0.25, -0.2) is 0 Å². The van der Waals surface area contributed by atoms with Gasteiger partial charge >= 0.3 is 6.36 Å². The molecule has 0 heterocycles. The fraction of sp³-hybridized carbons (Fsp3) is 0.571. The van der Waals surface area contributed by atoms with E-state index in [4.69, 9.17) is 4.74 Å². The van der Waals surface area contributed by atoms with E-state index in [9.17, 15) is 13.2 Å². The number of hydrogen-bond acceptors (Lipinski definition) is 3. The molecule has 0 aliphatic heterocycles. The summed E-state index contributed by atoms with van der Waals surface area (Å²) in [6.07, 6.45) is -0.334. The van der Waals surface area contributed by atoms with Gasteiger partial charge in [-0.3, -0.25) is 0 Å². The minimum atomic E-state index is -4.69. The topological polar surface area (TPSA) is 30.5 Å². The summed E-state index contributed by atoms with van der Waals surface area (Å²) in [4.78, 5) is 0. The number of anilines is 1. The first-order valence-corrected chi connectivity index (χ1v) is 7.53. The molecular formula is C14H17BrF3NO2. The van der Waals surface area contributed by atoms with Crippen molar-refractivity contribution in [3.8, 4) is 5.75 Å². The predicted molar refractivity (Wildman–Crippen MR) is 77.5 cm³/mol. The number of ether oxygens (including phenoxy) is 2. The van der Waals surface area contributed by atoms with Crippen molar-refractivity contribution in [1.29, 1.82) is 0 Å².